The van der Waals surface area contributed by atoms with Gasteiger partial charge in [-0.25, -0.2) is 9.97 Å². The molecule has 0 aliphatic heterocycles. The van der Waals surface area contributed by atoms with Gasteiger partial charge in [-0.05, 0) is 55.5 Å². The summed E-state index contributed by atoms with van der Waals surface area (Å²) in [5, 5.41) is 3.31. The average molecular weight is 338 g/mol. The molecule has 5 heteroatoms. The van der Waals surface area contributed by atoms with E-state index in [2.05, 4.69) is 46.5 Å². The summed E-state index contributed by atoms with van der Waals surface area (Å²) in [6.07, 6.45) is 3.21. The zero-order valence-electron chi connectivity index (χ0n) is 13.9. The Kier molecular flexibility index (Phi) is 4.21. The van der Waals surface area contributed by atoms with E-state index < -0.39 is 0 Å². The number of fused-ring (bicyclic) bond motifs is 1. The molecule has 0 atom stereocenters. The van der Waals surface area contributed by atoms with Crippen LogP contribution in [0.3, 0.4) is 0 Å². The predicted molar refractivity (Wildman–Crippen MR) is 101 cm³/mol. The predicted octanol–water partition coefficient (Wildman–Crippen LogP) is 3.67. The number of hydrogen-bond donors (Lipinski definition) is 1. The number of rotatable bonds is 6. The van der Waals surface area contributed by atoms with Crippen molar-refractivity contribution in [1.82, 2.24) is 9.97 Å². The molecule has 0 bridgehead atoms. The molecule has 4 nitrogen and oxygen atoms in total. The van der Waals surface area contributed by atoms with Gasteiger partial charge < -0.3 is 10.6 Å². The summed E-state index contributed by atoms with van der Waals surface area (Å²) in [6.45, 7) is 3.69. The molecule has 1 aliphatic carbocycles. The van der Waals surface area contributed by atoms with Crippen molar-refractivity contribution in [1.29, 1.82) is 0 Å². The van der Waals surface area contributed by atoms with Crippen molar-refractivity contribution < 1.29 is 0 Å². The third kappa shape index (κ3) is 3.01. The van der Waals surface area contributed by atoms with Crippen LogP contribution in [-0.4, -0.2) is 22.6 Å². The SMILES string of the molecule is Cc1ccsc1CN(c1nc(CCN)nc2ccccc12)C1CC1. The first-order valence-corrected chi connectivity index (χ1v) is 9.39. The standard InChI is InChI=1S/C19H22N4S/c1-13-9-11-24-17(13)12-23(14-6-7-14)19-15-4-2-3-5-16(15)21-18(22-19)8-10-20/h2-5,9,11,14H,6-8,10,12,20H2,1H3. The van der Waals surface area contributed by atoms with Gasteiger partial charge in [0.15, 0.2) is 0 Å². The normalized spacial score (nSPS) is 14.2. The van der Waals surface area contributed by atoms with E-state index in [1.165, 1.54) is 23.3 Å². The molecule has 0 amide bonds. The van der Waals surface area contributed by atoms with Gasteiger partial charge in [0.25, 0.3) is 0 Å². The number of anilines is 1. The Bertz CT molecular complexity index is 853. The Hall–Kier alpha value is -1.98. The minimum atomic E-state index is 0.575. The Morgan fingerprint density at radius 1 is 1.21 bits per heavy atom. The highest BCUT2D eigenvalue weighted by molar-refractivity contribution is 7.10. The zero-order chi connectivity index (χ0) is 16.5. The summed E-state index contributed by atoms with van der Waals surface area (Å²) in [7, 11) is 0. The molecular formula is C19H22N4S. The Morgan fingerprint density at radius 2 is 2.04 bits per heavy atom. The molecule has 1 aromatic carbocycles. The number of hydrogen-bond acceptors (Lipinski definition) is 5. The first kappa shape index (κ1) is 15.5. The van der Waals surface area contributed by atoms with Gasteiger partial charge in [-0.3, -0.25) is 0 Å². The molecule has 0 saturated heterocycles. The maximum absolute atomic E-state index is 5.74. The van der Waals surface area contributed by atoms with E-state index in [1.807, 2.05) is 17.4 Å². The summed E-state index contributed by atoms with van der Waals surface area (Å²) in [6, 6.07) is 11.1. The van der Waals surface area contributed by atoms with Crippen LogP contribution in [0.4, 0.5) is 5.82 Å². The largest absolute Gasteiger partial charge is 0.348 e. The van der Waals surface area contributed by atoms with Crippen molar-refractivity contribution >= 4 is 28.1 Å². The monoisotopic (exact) mass is 338 g/mol. The molecule has 1 aliphatic rings. The molecule has 0 spiro atoms. The lowest BCUT2D eigenvalue weighted by Crippen LogP contribution is -2.27. The van der Waals surface area contributed by atoms with Crippen LogP contribution >= 0.6 is 11.3 Å². The van der Waals surface area contributed by atoms with E-state index in [0.29, 0.717) is 19.0 Å². The number of thiophene rings is 1. The van der Waals surface area contributed by atoms with Gasteiger partial charge >= 0.3 is 0 Å². The number of aromatic nitrogens is 2. The molecule has 3 aromatic rings. The fraction of sp³-hybridized carbons (Fsp3) is 0.368. The second-order valence-corrected chi connectivity index (χ2v) is 7.41. The quantitative estimate of drug-likeness (QED) is 0.745. The number of para-hydroxylation sites is 1. The fourth-order valence-electron chi connectivity index (χ4n) is 3.05. The molecule has 2 aromatic heterocycles. The van der Waals surface area contributed by atoms with E-state index in [0.717, 1.165) is 29.1 Å². The molecule has 0 radical (unpaired) electrons. The van der Waals surface area contributed by atoms with Gasteiger partial charge in [0, 0.05) is 22.7 Å². The summed E-state index contributed by atoms with van der Waals surface area (Å²) >= 11 is 1.83. The smallest absolute Gasteiger partial charge is 0.140 e. The molecule has 1 saturated carbocycles. The highest BCUT2D eigenvalue weighted by atomic mass is 32.1. The second-order valence-electron chi connectivity index (χ2n) is 6.41. The molecule has 4 rings (SSSR count). The lowest BCUT2D eigenvalue weighted by Gasteiger charge is -2.25. The van der Waals surface area contributed by atoms with E-state index in [-0.39, 0.29) is 0 Å². The van der Waals surface area contributed by atoms with Crippen LogP contribution in [0.2, 0.25) is 0 Å². The third-order valence-corrected chi connectivity index (χ3v) is 5.55. The highest BCUT2D eigenvalue weighted by Gasteiger charge is 2.32. The minimum Gasteiger partial charge on any atom is -0.348 e. The molecule has 1 fully saturated rings. The maximum Gasteiger partial charge on any atom is 0.140 e. The van der Waals surface area contributed by atoms with Gasteiger partial charge in [-0.1, -0.05) is 12.1 Å². The number of nitrogens with zero attached hydrogens (tertiary/aromatic N) is 3. The van der Waals surface area contributed by atoms with Crippen LogP contribution in [0.5, 0.6) is 0 Å². The fourth-order valence-corrected chi connectivity index (χ4v) is 3.95. The molecule has 24 heavy (non-hydrogen) atoms. The van der Waals surface area contributed by atoms with Crippen molar-refractivity contribution in [2.24, 2.45) is 5.73 Å². The summed E-state index contributed by atoms with van der Waals surface area (Å²) in [5.41, 5.74) is 8.12. The van der Waals surface area contributed by atoms with Crippen LogP contribution in [-0.2, 0) is 13.0 Å². The number of benzene rings is 1. The lowest BCUT2D eigenvalue weighted by atomic mass is 10.2. The lowest BCUT2D eigenvalue weighted by molar-refractivity contribution is 0.773. The molecule has 2 N–H and O–H groups in total. The van der Waals surface area contributed by atoms with E-state index in [9.17, 15) is 0 Å². The maximum atomic E-state index is 5.74. The van der Waals surface area contributed by atoms with Crippen LogP contribution in [0.15, 0.2) is 35.7 Å². The van der Waals surface area contributed by atoms with Crippen LogP contribution in [0.25, 0.3) is 10.9 Å². The second kappa shape index (κ2) is 6.49. The minimum absolute atomic E-state index is 0.575. The molecular weight excluding hydrogens is 316 g/mol. The van der Waals surface area contributed by atoms with Crippen molar-refractivity contribution in [3.05, 3.63) is 52.0 Å². The summed E-state index contributed by atoms with van der Waals surface area (Å²) in [4.78, 5) is 13.5. The summed E-state index contributed by atoms with van der Waals surface area (Å²) < 4.78 is 0. The molecule has 124 valence electrons. The zero-order valence-corrected chi connectivity index (χ0v) is 14.7. The van der Waals surface area contributed by atoms with E-state index in [1.54, 1.807) is 0 Å². The molecule has 2 heterocycles. The number of aryl methyl sites for hydroxylation is 1. The van der Waals surface area contributed by atoms with Gasteiger partial charge in [0.1, 0.15) is 11.6 Å². The van der Waals surface area contributed by atoms with Crippen molar-refractivity contribution in [2.75, 3.05) is 11.4 Å². The van der Waals surface area contributed by atoms with Crippen LogP contribution in [0.1, 0.15) is 29.1 Å². The number of nitrogens with two attached hydrogens (primary N) is 1. The van der Waals surface area contributed by atoms with Crippen LogP contribution < -0.4 is 10.6 Å². The van der Waals surface area contributed by atoms with Crippen molar-refractivity contribution in [3.8, 4) is 0 Å². The summed E-state index contributed by atoms with van der Waals surface area (Å²) in [5.74, 6) is 1.92. The third-order valence-electron chi connectivity index (χ3n) is 4.54. The Balaban J connectivity index is 1.80. The van der Waals surface area contributed by atoms with Gasteiger partial charge in [-0.15, -0.1) is 11.3 Å². The van der Waals surface area contributed by atoms with Gasteiger partial charge in [0.05, 0.1) is 12.1 Å². The molecule has 0 unspecified atom stereocenters. The van der Waals surface area contributed by atoms with Gasteiger partial charge in [-0.2, -0.15) is 0 Å². The Morgan fingerprint density at radius 3 is 2.75 bits per heavy atom. The first-order valence-electron chi connectivity index (χ1n) is 8.51. The first-order chi connectivity index (χ1) is 11.8. The van der Waals surface area contributed by atoms with E-state index in [4.69, 9.17) is 10.7 Å². The average Bonchev–Trinajstić information content (AvgIpc) is 3.35. The van der Waals surface area contributed by atoms with E-state index >= 15 is 0 Å². The topological polar surface area (TPSA) is 55.0 Å². The highest BCUT2D eigenvalue weighted by Crippen LogP contribution is 2.36. The Labute approximate surface area is 146 Å². The van der Waals surface area contributed by atoms with Gasteiger partial charge in [0.2, 0.25) is 0 Å². The van der Waals surface area contributed by atoms with Crippen molar-refractivity contribution in [2.45, 2.75) is 38.8 Å². The van der Waals surface area contributed by atoms with Crippen molar-refractivity contribution in [3.63, 3.8) is 0 Å². The van der Waals surface area contributed by atoms with Crippen LogP contribution in [0, 0.1) is 6.92 Å².